The Morgan fingerprint density at radius 1 is 1.00 bits per heavy atom. The SMILES string of the molecule is CC(=O)N1CCN(C(CC2CCN(Cc3ccc[nH]c3=O)CC2)c2ccccc2)CC1. The summed E-state index contributed by atoms with van der Waals surface area (Å²) in [6.45, 7) is 8.01. The highest BCUT2D eigenvalue weighted by Gasteiger charge is 2.29. The van der Waals surface area contributed by atoms with Crippen LogP contribution in [-0.2, 0) is 11.3 Å². The van der Waals surface area contributed by atoms with Crippen LogP contribution in [0.2, 0.25) is 0 Å². The summed E-state index contributed by atoms with van der Waals surface area (Å²) in [6.07, 6.45) is 5.19. The topological polar surface area (TPSA) is 59.7 Å². The molecule has 0 spiro atoms. The van der Waals surface area contributed by atoms with Crippen LogP contribution >= 0.6 is 0 Å². The van der Waals surface area contributed by atoms with E-state index in [4.69, 9.17) is 0 Å². The van der Waals surface area contributed by atoms with Gasteiger partial charge < -0.3 is 9.88 Å². The number of piperazine rings is 1. The molecule has 6 heteroatoms. The molecule has 0 saturated carbocycles. The van der Waals surface area contributed by atoms with Crippen molar-refractivity contribution in [2.24, 2.45) is 5.92 Å². The average molecular weight is 423 g/mol. The molecule has 1 unspecified atom stereocenters. The van der Waals surface area contributed by atoms with E-state index in [0.717, 1.165) is 57.8 Å². The Kier molecular flexibility index (Phi) is 7.20. The number of H-pyrrole nitrogens is 1. The summed E-state index contributed by atoms with van der Waals surface area (Å²) in [5.74, 6) is 0.863. The van der Waals surface area contributed by atoms with Crippen LogP contribution in [0.25, 0.3) is 0 Å². The second-order valence-corrected chi connectivity index (χ2v) is 8.95. The molecule has 1 amide bonds. The van der Waals surface area contributed by atoms with Crippen LogP contribution in [0, 0.1) is 5.92 Å². The number of likely N-dealkylation sites (tertiary alicyclic amines) is 1. The van der Waals surface area contributed by atoms with Gasteiger partial charge >= 0.3 is 0 Å². The molecule has 1 N–H and O–H groups in total. The van der Waals surface area contributed by atoms with Gasteiger partial charge in [-0.05, 0) is 49.9 Å². The highest BCUT2D eigenvalue weighted by molar-refractivity contribution is 5.73. The third kappa shape index (κ3) is 5.63. The van der Waals surface area contributed by atoms with E-state index < -0.39 is 0 Å². The second kappa shape index (κ2) is 10.2. The molecule has 166 valence electrons. The lowest BCUT2D eigenvalue weighted by molar-refractivity contribution is -0.131. The van der Waals surface area contributed by atoms with Crippen LogP contribution in [0.5, 0.6) is 0 Å². The Balaban J connectivity index is 1.36. The van der Waals surface area contributed by atoms with E-state index >= 15 is 0 Å². The average Bonchev–Trinajstić information content (AvgIpc) is 2.81. The van der Waals surface area contributed by atoms with Crippen LogP contribution in [0.1, 0.15) is 43.4 Å². The number of nitrogens with one attached hydrogen (secondary N) is 1. The summed E-state index contributed by atoms with van der Waals surface area (Å²) in [7, 11) is 0. The molecule has 31 heavy (non-hydrogen) atoms. The summed E-state index contributed by atoms with van der Waals surface area (Å²) in [5.41, 5.74) is 2.27. The van der Waals surface area contributed by atoms with Gasteiger partial charge in [0.1, 0.15) is 0 Å². The molecule has 2 fully saturated rings. The van der Waals surface area contributed by atoms with Crippen LogP contribution in [-0.4, -0.2) is 64.9 Å². The molecule has 0 radical (unpaired) electrons. The standard InChI is InChI=1S/C25H34N4O2/c1-20(30)28-14-16-29(17-15-28)24(22-6-3-2-4-7-22)18-21-9-12-27(13-10-21)19-23-8-5-11-26-25(23)31/h2-8,11,21,24H,9-10,12-19H2,1H3,(H,26,31). The fourth-order valence-electron chi connectivity index (χ4n) is 5.04. The molecular weight excluding hydrogens is 388 g/mol. The quantitative estimate of drug-likeness (QED) is 0.778. The van der Waals surface area contributed by atoms with Gasteiger partial charge in [-0.1, -0.05) is 36.4 Å². The van der Waals surface area contributed by atoms with Gasteiger partial charge in [-0.25, -0.2) is 0 Å². The lowest BCUT2D eigenvalue weighted by Crippen LogP contribution is -2.49. The summed E-state index contributed by atoms with van der Waals surface area (Å²) in [5, 5.41) is 0. The van der Waals surface area contributed by atoms with Gasteiger partial charge in [0, 0.05) is 57.4 Å². The molecule has 0 bridgehead atoms. The smallest absolute Gasteiger partial charge is 0.252 e. The van der Waals surface area contributed by atoms with Gasteiger partial charge in [0.05, 0.1) is 0 Å². The number of nitrogens with zero attached hydrogens (tertiary/aromatic N) is 3. The Morgan fingerprint density at radius 2 is 1.71 bits per heavy atom. The van der Waals surface area contributed by atoms with Crippen LogP contribution in [0.3, 0.4) is 0 Å². The molecule has 3 heterocycles. The Morgan fingerprint density at radius 3 is 2.35 bits per heavy atom. The van der Waals surface area contributed by atoms with Gasteiger partial charge in [-0.3, -0.25) is 19.4 Å². The minimum absolute atomic E-state index is 0.0264. The van der Waals surface area contributed by atoms with Crippen molar-refractivity contribution >= 4 is 5.91 Å². The molecule has 2 aliphatic heterocycles. The molecule has 2 aliphatic rings. The zero-order valence-electron chi connectivity index (χ0n) is 18.5. The minimum Gasteiger partial charge on any atom is -0.340 e. The number of amides is 1. The van der Waals surface area contributed by atoms with Crippen molar-refractivity contribution < 1.29 is 4.79 Å². The first kappa shape index (κ1) is 21.8. The van der Waals surface area contributed by atoms with Gasteiger partial charge in [0.15, 0.2) is 0 Å². The van der Waals surface area contributed by atoms with E-state index in [-0.39, 0.29) is 11.5 Å². The summed E-state index contributed by atoms with van der Waals surface area (Å²) in [6, 6.07) is 15.1. The van der Waals surface area contributed by atoms with Crippen LogP contribution in [0.15, 0.2) is 53.5 Å². The van der Waals surface area contributed by atoms with E-state index in [1.54, 1.807) is 13.1 Å². The lowest BCUT2D eigenvalue weighted by Gasteiger charge is -2.41. The zero-order valence-corrected chi connectivity index (χ0v) is 18.5. The van der Waals surface area contributed by atoms with Gasteiger partial charge in [0.25, 0.3) is 5.56 Å². The fraction of sp³-hybridized carbons (Fsp3) is 0.520. The molecule has 1 aromatic heterocycles. The predicted molar refractivity (Wildman–Crippen MR) is 123 cm³/mol. The fourth-order valence-corrected chi connectivity index (χ4v) is 5.04. The van der Waals surface area contributed by atoms with E-state index in [2.05, 4.69) is 45.1 Å². The number of hydrogen-bond donors (Lipinski definition) is 1. The molecule has 1 aromatic carbocycles. The number of rotatable bonds is 6. The first-order chi connectivity index (χ1) is 15.1. The third-order valence-electron chi connectivity index (χ3n) is 6.94. The zero-order chi connectivity index (χ0) is 21.6. The Hall–Kier alpha value is -2.44. The molecule has 4 rings (SSSR count). The van der Waals surface area contributed by atoms with Gasteiger partial charge in [-0.2, -0.15) is 0 Å². The highest BCUT2D eigenvalue weighted by Crippen LogP contribution is 2.33. The molecule has 0 aliphatic carbocycles. The van der Waals surface area contributed by atoms with Crippen LogP contribution < -0.4 is 5.56 Å². The number of carbonyl (C=O) groups is 1. The highest BCUT2D eigenvalue weighted by atomic mass is 16.2. The summed E-state index contributed by atoms with van der Waals surface area (Å²) in [4.78, 5) is 33.4. The lowest BCUT2D eigenvalue weighted by atomic mass is 9.86. The monoisotopic (exact) mass is 422 g/mol. The number of piperidine rings is 1. The number of pyridine rings is 1. The van der Waals surface area contributed by atoms with Crippen molar-refractivity contribution in [1.82, 2.24) is 19.7 Å². The van der Waals surface area contributed by atoms with E-state index in [1.807, 2.05) is 17.0 Å². The minimum atomic E-state index is 0.0264. The number of aromatic amines is 1. The summed E-state index contributed by atoms with van der Waals surface area (Å²) < 4.78 is 0. The normalized spacial score (nSPS) is 20.0. The van der Waals surface area contributed by atoms with E-state index in [9.17, 15) is 9.59 Å². The maximum Gasteiger partial charge on any atom is 0.252 e. The molecule has 2 aromatic rings. The molecule has 2 saturated heterocycles. The third-order valence-corrected chi connectivity index (χ3v) is 6.94. The Labute approximate surface area is 184 Å². The second-order valence-electron chi connectivity index (χ2n) is 8.95. The van der Waals surface area contributed by atoms with Gasteiger partial charge in [0.2, 0.25) is 5.91 Å². The van der Waals surface area contributed by atoms with Crippen molar-refractivity contribution in [2.75, 3.05) is 39.3 Å². The number of benzene rings is 1. The van der Waals surface area contributed by atoms with Crippen molar-refractivity contribution in [3.63, 3.8) is 0 Å². The van der Waals surface area contributed by atoms with E-state index in [1.165, 1.54) is 18.4 Å². The number of carbonyl (C=O) groups excluding carboxylic acids is 1. The van der Waals surface area contributed by atoms with Crippen LogP contribution in [0.4, 0.5) is 0 Å². The van der Waals surface area contributed by atoms with Crippen molar-refractivity contribution in [1.29, 1.82) is 0 Å². The first-order valence-corrected chi connectivity index (χ1v) is 11.5. The van der Waals surface area contributed by atoms with E-state index in [0.29, 0.717) is 12.0 Å². The van der Waals surface area contributed by atoms with Crippen molar-refractivity contribution in [3.05, 3.63) is 70.1 Å². The Bertz CT molecular complexity index is 897. The molecule has 1 atom stereocenters. The molecule has 6 nitrogen and oxygen atoms in total. The first-order valence-electron chi connectivity index (χ1n) is 11.5. The largest absolute Gasteiger partial charge is 0.340 e. The predicted octanol–water partition coefficient (Wildman–Crippen LogP) is 2.88. The summed E-state index contributed by atoms with van der Waals surface area (Å²) >= 11 is 0. The maximum atomic E-state index is 12.0. The van der Waals surface area contributed by atoms with Crippen molar-refractivity contribution in [2.45, 2.75) is 38.8 Å². The number of aromatic nitrogens is 1. The van der Waals surface area contributed by atoms with Crippen molar-refractivity contribution in [3.8, 4) is 0 Å². The molecular formula is C25H34N4O2. The maximum absolute atomic E-state index is 12.0. The number of hydrogen-bond acceptors (Lipinski definition) is 4. The van der Waals surface area contributed by atoms with Gasteiger partial charge in [-0.15, -0.1) is 0 Å².